The molecular formula is C63H42N6. The molecule has 0 aliphatic carbocycles. The highest BCUT2D eigenvalue weighted by atomic mass is 15.1. The maximum absolute atomic E-state index is 5.64. The maximum atomic E-state index is 5.64. The lowest BCUT2D eigenvalue weighted by molar-refractivity contribution is 1.04. The molecule has 0 aliphatic heterocycles. The summed E-state index contributed by atoms with van der Waals surface area (Å²) in [7, 11) is 0. The molecule has 69 heavy (non-hydrogen) atoms. The Morgan fingerprint density at radius 1 is 0.232 bits per heavy atom. The van der Waals surface area contributed by atoms with Crippen LogP contribution in [0, 0.1) is 0 Å². The Morgan fingerprint density at radius 3 is 0.812 bits per heavy atom. The minimum absolute atomic E-state index is 0.558. The SMILES string of the molecule is c1ccc(-c2ccc(-n3ccc4ccccc43)c(-c3nc(-c4cc(-c5ccccc5)ccc4-n4ccc5ccccc54)nc(-c4cc(-c5ccccc5)ccc4-n4ccc5ccccc54)n3)c2)cc1. The fraction of sp³-hybridized carbons (Fsp3) is 0. The van der Waals surface area contributed by atoms with Crippen molar-refractivity contribution in [2.45, 2.75) is 0 Å². The quantitative estimate of drug-likeness (QED) is 0.145. The molecule has 0 saturated heterocycles. The monoisotopic (exact) mass is 882 g/mol. The zero-order chi connectivity index (χ0) is 45.7. The zero-order valence-electron chi connectivity index (χ0n) is 37.4. The molecule has 13 rings (SSSR count). The van der Waals surface area contributed by atoms with E-state index in [1.807, 2.05) is 0 Å². The first-order chi connectivity index (χ1) is 34.2. The van der Waals surface area contributed by atoms with Gasteiger partial charge in [-0.2, -0.15) is 0 Å². The summed E-state index contributed by atoms with van der Waals surface area (Å²) in [5.74, 6) is 1.67. The Hall–Kier alpha value is -9.39. The lowest BCUT2D eigenvalue weighted by Crippen LogP contribution is -2.07. The van der Waals surface area contributed by atoms with Crippen molar-refractivity contribution in [3.05, 3.63) is 255 Å². The van der Waals surface area contributed by atoms with Crippen molar-refractivity contribution in [3.8, 4) is 84.6 Å². The molecule has 0 radical (unpaired) electrons. The lowest BCUT2D eigenvalue weighted by atomic mass is 9.99. The Bertz CT molecular complexity index is 3580. The third-order valence-corrected chi connectivity index (χ3v) is 13.2. The number of rotatable bonds is 9. The van der Waals surface area contributed by atoms with Crippen molar-refractivity contribution in [1.82, 2.24) is 28.7 Å². The number of aromatic nitrogens is 6. The Labute approximate surface area is 399 Å². The molecule has 324 valence electrons. The molecule has 0 atom stereocenters. The number of para-hydroxylation sites is 3. The molecule has 6 nitrogen and oxygen atoms in total. The second-order valence-electron chi connectivity index (χ2n) is 17.3. The van der Waals surface area contributed by atoms with Gasteiger partial charge in [0.05, 0.1) is 33.6 Å². The number of nitrogens with zero attached hydrogens (tertiary/aromatic N) is 6. The van der Waals surface area contributed by atoms with E-state index in [4.69, 9.17) is 15.0 Å². The number of hydrogen-bond donors (Lipinski definition) is 0. The number of hydrogen-bond acceptors (Lipinski definition) is 3. The van der Waals surface area contributed by atoms with Gasteiger partial charge in [-0.25, -0.2) is 15.0 Å². The van der Waals surface area contributed by atoms with E-state index in [1.54, 1.807) is 0 Å². The average molecular weight is 883 g/mol. The van der Waals surface area contributed by atoms with Crippen LogP contribution in [-0.4, -0.2) is 28.7 Å². The number of benzene rings is 9. The van der Waals surface area contributed by atoms with E-state index in [-0.39, 0.29) is 0 Å². The molecule has 6 heteroatoms. The van der Waals surface area contributed by atoms with Crippen LogP contribution in [0.3, 0.4) is 0 Å². The van der Waals surface area contributed by atoms with Gasteiger partial charge in [0.25, 0.3) is 0 Å². The van der Waals surface area contributed by atoms with Gasteiger partial charge in [-0.3, -0.25) is 0 Å². The third-order valence-electron chi connectivity index (χ3n) is 13.2. The summed E-state index contributed by atoms with van der Waals surface area (Å²) in [6.45, 7) is 0. The molecule has 0 saturated carbocycles. The van der Waals surface area contributed by atoms with Gasteiger partial charge in [0.15, 0.2) is 17.5 Å². The largest absolute Gasteiger partial charge is 0.316 e. The van der Waals surface area contributed by atoms with E-state index in [2.05, 4.69) is 269 Å². The van der Waals surface area contributed by atoms with Crippen LogP contribution in [0.2, 0.25) is 0 Å². The third kappa shape index (κ3) is 7.19. The van der Waals surface area contributed by atoms with E-state index >= 15 is 0 Å². The molecule has 0 bridgehead atoms. The Balaban J connectivity index is 1.14. The van der Waals surface area contributed by atoms with Crippen molar-refractivity contribution in [1.29, 1.82) is 0 Å². The minimum atomic E-state index is 0.558. The summed E-state index contributed by atoms with van der Waals surface area (Å²) < 4.78 is 6.76. The van der Waals surface area contributed by atoms with Crippen molar-refractivity contribution >= 4 is 32.7 Å². The molecule has 0 spiro atoms. The first-order valence-electron chi connectivity index (χ1n) is 23.3. The second kappa shape index (κ2) is 16.8. The fourth-order valence-corrected chi connectivity index (χ4v) is 9.82. The summed E-state index contributed by atoms with van der Waals surface area (Å²) in [6, 6.07) is 83.5. The van der Waals surface area contributed by atoms with E-state index in [9.17, 15) is 0 Å². The average Bonchev–Trinajstić information content (AvgIpc) is 4.19. The van der Waals surface area contributed by atoms with Crippen LogP contribution < -0.4 is 0 Å². The summed E-state index contributed by atoms with van der Waals surface area (Å²) >= 11 is 0. The molecule has 0 unspecified atom stereocenters. The summed E-state index contributed by atoms with van der Waals surface area (Å²) in [6.07, 6.45) is 6.43. The molecule has 0 amide bonds. The first kappa shape index (κ1) is 39.9. The first-order valence-corrected chi connectivity index (χ1v) is 23.3. The molecule has 13 aromatic rings. The topological polar surface area (TPSA) is 53.5 Å². The molecule has 4 aromatic heterocycles. The highest BCUT2D eigenvalue weighted by Crippen LogP contribution is 2.40. The standard InChI is InChI=1S/C63H42N6/c1-4-16-43(17-5-1)49-28-31-58(67-37-34-46-22-10-13-25-55(46)67)52(40-49)61-64-62(53-41-50(44-18-6-2-7-19-44)29-32-59(53)68-38-35-47-23-11-14-26-56(47)68)66-63(65-61)54-42-51(45-20-8-3-9-21-45)30-33-60(54)69-39-36-48-24-12-15-27-57(48)69/h1-42H. The highest BCUT2D eigenvalue weighted by Gasteiger charge is 2.23. The van der Waals surface area contributed by atoms with Gasteiger partial charge in [0.1, 0.15) is 0 Å². The van der Waals surface area contributed by atoms with Crippen LogP contribution in [0.4, 0.5) is 0 Å². The fourth-order valence-electron chi connectivity index (χ4n) is 9.82. The molecule has 0 aliphatic rings. The smallest absolute Gasteiger partial charge is 0.166 e. The zero-order valence-corrected chi connectivity index (χ0v) is 37.4. The lowest BCUT2D eigenvalue weighted by Gasteiger charge is -2.19. The van der Waals surface area contributed by atoms with Gasteiger partial charge < -0.3 is 13.7 Å². The molecule has 4 heterocycles. The molecule has 0 N–H and O–H groups in total. The van der Waals surface area contributed by atoms with Crippen molar-refractivity contribution in [3.63, 3.8) is 0 Å². The number of fused-ring (bicyclic) bond motifs is 3. The predicted octanol–water partition coefficient (Wildman–Crippen LogP) is 15.7. The van der Waals surface area contributed by atoms with E-state index < -0.39 is 0 Å². The van der Waals surface area contributed by atoms with Crippen LogP contribution in [0.25, 0.3) is 117 Å². The van der Waals surface area contributed by atoms with Crippen LogP contribution in [-0.2, 0) is 0 Å². The minimum Gasteiger partial charge on any atom is -0.316 e. The van der Waals surface area contributed by atoms with Crippen LogP contribution in [0.1, 0.15) is 0 Å². The van der Waals surface area contributed by atoms with Gasteiger partial charge >= 0.3 is 0 Å². The van der Waals surface area contributed by atoms with Crippen molar-refractivity contribution < 1.29 is 0 Å². The molecular weight excluding hydrogens is 841 g/mol. The van der Waals surface area contributed by atoms with Crippen molar-refractivity contribution in [2.75, 3.05) is 0 Å². The van der Waals surface area contributed by atoms with Gasteiger partial charge in [0.2, 0.25) is 0 Å². The summed E-state index contributed by atoms with van der Waals surface area (Å²) in [5, 5.41) is 3.45. The predicted molar refractivity (Wildman–Crippen MR) is 283 cm³/mol. The van der Waals surface area contributed by atoms with Crippen LogP contribution >= 0.6 is 0 Å². The highest BCUT2D eigenvalue weighted by molar-refractivity contribution is 5.90. The maximum Gasteiger partial charge on any atom is 0.166 e. The molecule has 9 aromatic carbocycles. The van der Waals surface area contributed by atoms with Gasteiger partial charge in [-0.15, -0.1) is 0 Å². The van der Waals surface area contributed by atoms with Gasteiger partial charge in [0, 0.05) is 35.3 Å². The van der Waals surface area contributed by atoms with E-state index in [0.29, 0.717) is 17.5 Å². The molecule has 0 fully saturated rings. The van der Waals surface area contributed by atoms with Gasteiger partial charge in [-0.05, 0) is 122 Å². The normalized spacial score (nSPS) is 11.5. The van der Waals surface area contributed by atoms with Crippen molar-refractivity contribution in [2.24, 2.45) is 0 Å². The van der Waals surface area contributed by atoms with Crippen LogP contribution in [0.15, 0.2) is 255 Å². The summed E-state index contributed by atoms with van der Waals surface area (Å²) in [5.41, 5.74) is 15.3. The van der Waals surface area contributed by atoms with E-state index in [1.165, 1.54) is 0 Å². The van der Waals surface area contributed by atoms with Crippen LogP contribution in [0.5, 0.6) is 0 Å². The Kier molecular flexibility index (Phi) is 9.72. The van der Waals surface area contributed by atoms with E-state index in [0.717, 1.165) is 99.8 Å². The Morgan fingerprint density at radius 2 is 0.507 bits per heavy atom. The van der Waals surface area contributed by atoms with Gasteiger partial charge in [-0.1, -0.05) is 164 Å². The second-order valence-corrected chi connectivity index (χ2v) is 17.3. The summed E-state index contributed by atoms with van der Waals surface area (Å²) in [4.78, 5) is 16.9.